The van der Waals surface area contributed by atoms with Gasteiger partial charge in [0.25, 0.3) is 0 Å². The first-order chi connectivity index (χ1) is 11.3. The van der Waals surface area contributed by atoms with Crippen molar-refractivity contribution < 1.29 is 14.0 Å². The number of hydrogen-bond donors (Lipinski definition) is 1. The molecule has 0 radical (unpaired) electrons. The summed E-state index contributed by atoms with van der Waals surface area (Å²) in [4.78, 5) is 2.15. The van der Waals surface area contributed by atoms with Crippen molar-refractivity contribution in [2.45, 2.75) is 44.8 Å². The zero-order valence-electron chi connectivity index (χ0n) is 15.5. The molecule has 0 spiro atoms. The molecule has 6 heteroatoms. The van der Waals surface area contributed by atoms with Crippen LogP contribution in [-0.4, -0.2) is 56.7 Å². The molecule has 0 aromatic heterocycles. The third-order valence-corrected chi connectivity index (χ3v) is 4.89. The van der Waals surface area contributed by atoms with Crippen molar-refractivity contribution in [2.75, 3.05) is 27.2 Å². The van der Waals surface area contributed by atoms with Gasteiger partial charge >= 0.3 is 7.12 Å². The highest BCUT2D eigenvalue weighted by Crippen LogP contribution is 2.38. The Morgan fingerprint density at radius 3 is 2.38 bits per heavy atom. The Morgan fingerprint density at radius 1 is 1.21 bits per heavy atom. The van der Waals surface area contributed by atoms with E-state index in [4.69, 9.17) is 19.5 Å². The molecule has 1 aliphatic rings. The Balaban J connectivity index is 1.98. The van der Waals surface area contributed by atoms with Crippen molar-refractivity contribution in [3.05, 3.63) is 24.3 Å². The molecule has 5 nitrogen and oxygen atoms in total. The smallest absolute Gasteiger partial charge is 0.494 e. The van der Waals surface area contributed by atoms with Crippen molar-refractivity contribution in [1.29, 1.82) is 5.41 Å². The number of nitrogens with one attached hydrogen (secondary N) is 1. The van der Waals surface area contributed by atoms with Gasteiger partial charge in [0, 0.05) is 12.8 Å². The summed E-state index contributed by atoms with van der Waals surface area (Å²) in [7, 11) is 3.66. The zero-order valence-corrected chi connectivity index (χ0v) is 15.5. The molecule has 1 heterocycles. The van der Waals surface area contributed by atoms with Crippen molar-refractivity contribution in [3.8, 4) is 5.75 Å². The molecule has 1 aromatic carbocycles. The number of benzene rings is 1. The van der Waals surface area contributed by atoms with Crippen LogP contribution in [0, 0.1) is 5.41 Å². The minimum absolute atomic E-state index is 0.454. The maximum atomic E-state index is 7.71. The molecule has 0 amide bonds. The highest BCUT2D eigenvalue weighted by Gasteiger charge is 2.55. The third-order valence-electron chi connectivity index (χ3n) is 4.89. The molecule has 1 saturated heterocycles. The average molecular weight is 332 g/mol. The summed E-state index contributed by atoms with van der Waals surface area (Å²) < 4.78 is 17.9. The summed E-state index contributed by atoms with van der Waals surface area (Å²) in [5.74, 6) is 0.851. The molecule has 0 saturated carbocycles. The van der Waals surface area contributed by atoms with Crippen molar-refractivity contribution in [1.82, 2.24) is 4.90 Å². The van der Waals surface area contributed by atoms with Gasteiger partial charge in [-0.3, -0.25) is 0 Å². The number of ether oxygens (including phenoxy) is 1. The van der Waals surface area contributed by atoms with E-state index >= 15 is 0 Å². The molecule has 24 heavy (non-hydrogen) atoms. The van der Waals surface area contributed by atoms with Gasteiger partial charge in [0.05, 0.1) is 12.2 Å². The lowest BCUT2D eigenvalue weighted by atomic mass is 9.79. The quantitative estimate of drug-likeness (QED) is 0.451. The fourth-order valence-corrected chi connectivity index (χ4v) is 2.77. The standard InChI is InChI=1S/C18H29BN2O3/c1-6-17(2)18(3,14-20)24-19(23-17)15-8-10-16(11-9-15)22-13-7-12-21(4)5/h8-11,14,20H,6-7,12-13H2,1-5H3. The summed E-state index contributed by atoms with van der Waals surface area (Å²) >= 11 is 0. The van der Waals surface area contributed by atoms with Gasteiger partial charge in [-0.2, -0.15) is 0 Å². The van der Waals surface area contributed by atoms with E-state index in [0.717, 1.165) is 30.6 Å². The van der Waals surface area contributed by atoms with Crippen molar-refractivity contribution in [2.24, 2.45) is 0 Å². The van der Waals surface area contributed by atoms with Crippen LogP contribution in [0.3, 0.4) is 0 Å². The van der Waals surface area contributed by atoms with E-state index in [1.165, 1.54) is 6.21 Å². The third kappa shape index (κ3) is 3.99. The first-order valence-electron chi connectivity index (χ1n) is 8.58. The Bertz CT molecular complexity index is 552. The highest BCUT2D eigenvalue weighted by atomic mass is 16.7. The van der Waals surface area contributed by atoms with Crippen molar-refractivity contribution in [3.63, 3.8) is 0 Å². The molecular weight excluding hydrogens is 303 g/mol. The molecule has 2 unspecified atom stereocenters. The lowest BCUT2D eigenvalue weighted by molar-refractivity contribution is 0.0258. The minimum Gasteiger partial charge on any atom is -0.494 e. The molecule has 2 atom stereocenters. The lowest BCUT2D eigenvalue weighted by Gasteiger charge is -2.35. The fraction of sp³-hybridized carbons (Fsp3) is 0.611. The Labute approximate surface area is 145 Å². The fourth-order valence-electron chi connectivity index (χ4n) is 2.77. The summed E-state index contributed by atoms with van der Waals surface area (Å²) in [5.41, 5.74) is -0.268. The predicted octanol–water partition coefficient (Wildman–Crippen LogP) is 2.34. The van der Waals surface area contributed by atoms with E-state index in [2.05, 4.69) is 25.9 Å². The van der Waals surface area contributed by atoms with E-state index in [0.29, 0.717) is 6.61 Å². The van der Waals surface area contributed by atoms with Crippen LogP contribution in [0.1, 0.15) is 33.6 Å². The molecule has 1 aromatic rings. The van der Waals surface area contributed by atoms with E-state index in [1.54, 1.807) is 0 Å². The average Bonchev–Trinajstić information content (AvgIpc) is 2.85. The molecule has 0 aliphatic carbocycles. The summed E-state index contributed by atoms with van der Waals surface area (Å²) in [6.45, 7) is 7.68. The first kappa shape index (κ1) is 19.0. The van der Waals surface area contributed by atoms with Crippen LogP contribution in [0.2, 0.25) is 0 Å². The number of nitrogens with zero attached hydrogens (tertiary/aromatic N) is 1. The van der Waals surface area contributed by atoms with Crippen LogP contribution in [0.25, 0.3) is 0 Å². The Kier molecular flexibility index (Phi) is 6.07. The normalized spacial score (nSPS) is 26.8. The monoisotopic (exact) mass is 332 g/mol. The Morgan fingerprint density at radius 2 is 1.88 bits per heavy atom. The van der Waals surface area contributed by atoms with Crippen LogP contribution in [0.5, 0.6) is 5.75 Å². The van der Waals surface area contributed by atoms with Gasteiger partial charge in [-0.05, 0) is 58.4 Å². The summed E-state index contributed by atoms with van der Waals surface area (Å²) in [6.07, 6.45) is 3.12. The summed E-state index contributed by atoms with van der Waals surface area (Å²) in [6, 6.07) is 7.83. The molecule has 0 bridgehead atoms. The lowest BCUT2D eigenvalue weighted by Crippen LogP contribution is -2.47. The predicted molar refractivity (Wildman–Crippen MR) is 98.6 cm³/mol. The molecule has 1 N–H and O–H groups in total. The number of rotatable bonds is 8. The topological polar surface area (TPSA) is 54.8 Å². The minimum atomic E-state index is -0.715. The second-order valence-corrected chi connectivity index (χ2v) is 6.98. The van der Waals surface area contributed by atoms with E-state index < -0.39 is 18.3 Å². The Hall–Kier alpha value is -1.37. The highest BCUT2D eigenvalue weighted by molar-refractivity contribution is 6.62. The van der Waals surface area contributed by atoms with Gasteiger partial charge in [0.2, 0.25) is 0 Å². The van der Waals surface area contributed by atoms with Crippen LogP contribution < -0.4 is 10.2 Å². The van der Waals surface area contributed by atoms with Crippen LogP contribution in [0.15, 0.2) is 24.3 Å². The largest absolute Gasteiger partial charge is 0.495 e. The van der Waals surface area contributed by atoms with E-state index in [1.807, 2.05) is 38.1 Å². The van der Waals surface area contributed by atoms with Gasteiger partial charge in [0.15, 0.2) is 0 Å². The van der Waals surface area contributed by atoms with Crippen LogP contribution >= 0.6 is 0 Å². The van der Waals surface area contributed by atoms with Gasteiger partial charge in [-0.25, -0.2) is 0 Å². The number of hydrogen-bond acceptors (Lipinski definition) is 5. The van der Waals surface area contributed by atoms with Crippen LogP contribution in [0.4, 0.5) is 0 Å². The molecule has 2 rings (SSSR count). The second-order valence-electron chi connectivity index (χ2n) is 6.98. The maximum absolute atomic E-state index is 7.71. The maximum Gasteiger partial charge on any atom is 0.495 e. The summed E-state index contributed by atoms with van der Waals surface area (Å²) in [5, 5.41) is 7.71. The SMILES string of the molecule is CCC1(C)OB(c2ccc(OCCCN(C)C)cc2)OC1(C)C=N. The first-order valence-corrected chi connectivity index (χ1v) is 8.58. The van der Waals surface area contributed by atoms with Gasteiger partial charge in [0.1, 0.15) is 11.4 Å². The van der Waals surface area contributed by atoms with Gasteiger partial charge in [-0.1, -0.05) is 19.1 Å². The molecule has 1 fully saturated rings. The van der Waals surface area contributed by atoms with Gasteiger partial charge in [-0.15, -0.1) is 0 Å². The molecule has 1 aliphatic heterocycles. The molecule has 132 valence electrons. The van der Waals surface area contributed by atoms with E-state index in [9.17, 15) is 0 Å². The van der Waals surface area contributed by atoms with E-state index in [-0.39, 0.29) is 0 Å². The molecular formula is C18H29BN2O3. The van der Waals surface area contributed by atoms with Gasteiger partial charge < -0.3 is 24.4 Å². The van der Waals surface area contributed by atoms with Crippen molar-refractivity contribution >= 4 is 18.8 Å². The zero-order chi connectivity index (χ0) is 17.8. The second kappa shape index (κ2) is 7.68. The van der Waals surface area contributed by atoms with Crippen LogP contribution in [-0.2, 0) is 9.31 Å².